The van der Waals surface area contributed by atoms with Gasteiger partial charge in [-0.1, -0.05) is 13.8 Å². The third kappa shape index (κ3) is 2.43. The third-order valence-corrected chi connectivity index (χ3v) is 5.06. The normalized spacial score (nSPS) is 25.2. The van der Waals surface area contributed by atoms with Crippen molar-refractivity contribution in [1.82, 2.24) is 14.7 Å². The topological polar surface area (TPSA) is 59.5 Å². The molecule has 0 aromatic heterocycles. The highest BCUT2D eigenvalue weighted by Gasteiger charge is 2.54. The van der Waals surface area contributed by atoms with Gasteiger partial charge in [-0.25, -0.2) is 14.2 Å². The summed E-state index contributed by atoms with van der Waals surface area (Å²) in [4.78, 5) is 37.1. The number of hydrogen-bond donors (Lipinski definition) is 0. The van der Waals surface area contributed by atoms with Gasteiger partial charge in [0.15, 0.2) is 12.2 Å². The first-order valence-corrected chi connectivity index (χ1v) is 8.84. The van der Waals surface area contributed by atoms with Gasteiger partial charge in [0.25, 0.3) is 5.91 Å². The number of hydrogen-bond acceptors (Lipinski definition) is 5. The van der Waals surface area contributed by atoms with Crippen LogP contribution in [0.4, 0.5) is 14.9 Å². The third-order valence-electron chi connectivity index (χ3n) is 5.06. The van der Waals surface area contributed by atoms with Crippen molar-refractivity contribution in [3.8, 4) is 0 Å². The number of halogens is 1. The lowest BCUT2D eigenvalue weighted by atomic mass is 10.1. The van der Waals surface area contributed by atoms with Crippen molar-refractivity contribution in [2.24, 2.45) is 10.9 Å². The Morgan fingerprint density at radius 3 is 2.54 bits per heavy atom. The van der Waals surface area contributed by atoms with Crippen molar-refractivity contribution in [1.29, 1.82) is 0 Å². The summed E-state index contributed by atoms with van der Waals surface area (Å²) in [5.41, 5.74) is 0.826. The molecule has 138 valence electrons. The molecular formula is C18H22FN5O2. The molecule has 1 aromatic rings. The van der Waals surface area contributed by atoms with E-state index in [9.17, 15) is 14.0 Å². The average molecular weight is 359 g/mol. The molecule has 2 saturated heterocycles. The van der Waals surface area contributed by atoms with E-state index < -0.39 is 12.2 Å². The van der Waals surface area contributed by atoms with Crippen molar-refractivity contribution in [2.75, 3.05) is 31.6 Å². The summed E-state index contributed by atoms with van der Waals surface area (Å²) in [6, 6.07) is 5.42. The van der Waals surface area contributed by atoms with Crippen LogP contribution < -0.4 is 4.90 Å². The number of likely N-dealkylation sites (N-methyl/N-ethyl adjacent to an activating group) is 1. The van der Waals surface area contributed by atoms with Gasteiger partial charge in [0.2, 0.25) is 5.96 Å². The molecule has 2 atom stereocenters. The van der Waals surface area contributed by atoms with Gasteiger partial charge in [0, 0.05) is 32.4 Å². The van der Waals surface area contributed by atoms with Gasteiger partial charge in [-0.15, -0.1) is 0 Å². The Morgan fingerprint density at radius 1 is 1.19 bits per heavy atom. The molecule has 3 aliphatic heterocycles. The lowest BCUT2D eigenvalue weighted by molar-refractivity contribution is -0.137. The smallest absolute Gasteiger partial charge is 0.325 e. The molecule has 4 rings (SSSR count). The first-order valence-electron chi connectivity index (χ1n) is 8.84. The van der Waals surface area contributed by atoms with Crippen LogP contribution in [0.15, 0.2) is 29.3 Å². The van der Waals surface area contributed by atoms with E-state index in [0.717, 1.165) is 5.69 Å². The predicted molar refractivity (Wildman–Crippen MR) is 95.2 cm³/mol. The van der Waals surface area contributed by atoms with E-state index in [2.05, 4.69) is 4.99 Å². The standard InChI is InChI=1S/C18H22FN5O2/c1-11(2)10-24-16(25)14-15(21(3)18(24)26)20-17-22(8-9-23(14)17)13-6-4-12(19)5-7-13/h4-7,11,14-15H,8-10H2,1-3H3. The van der Waals surface area contributed by atoms with E-state index in [1.807, 2.05) is 23.6 Å². The number of amides is 3. The Balaban J connectivity index is 1.65. The van der Waals surface area contributed by atoms with E-state index >= 15 is 0 Å². The molecule has 0 spiro atoms. The van der Waals surface area contributed by atoms with Crippen LogP contribution in [0, 0.1) is 11.7 Å². The monoisotopic (exact) mass is 359 g/mol. The van der Waals surface area contributed by atoms with E-state index in [1.54, 1.807) is 24.1 Å². The molecule has 8 heteroatoms. The van der Waals surface area contributed by atoms with Crippen LogP contribution in [0.3, 0.4) is 0 Å². The largest absolute Gasteiger partial charge is 0.328 e. The van der Waals surface area contributed by atoms with E-state index in [4.69, 9.17) is 0 Å². The number of carbonyl (C=O) groups excluding carboxylic acids is 2. The zero-order valence-electron chi connectivity index (χ0n) is 15.1. The maximum Gasteiger partial charge on any atom is 0.328 e. The van der Waals surface area contributed by atoms with Gasteiger partial charge in [0.1, 0.15) is 5.82 Å². The molecule has 0 aliphatic carbocycles. The lowest BCUT2D eigenvalue weighted by Gasteiger charge is -2.41. The summed E-state index contributed by atoms with van der Waals surface area (Å²) < 4.78 is 13.2. The number of imide groups is 1. The fourth-order valence-electron chi connectivity index (χ4n) is 3.84. The number of urea groups is 1. The van der Waals surface area contributed by atoms with E-state index in [1.165, 1.54) is 17.0 Å². The lowest BCUT2D eigenvalue weighted by Crippen LogP contribution is -2.65. The second-order valence-corrected chi connectivity index (χ2v) is 7.35. The molecule has 0 bridgehead atoms. The average Bonchev–Trinajstić information content (AvgIpc) is 3.16. The van der Waals surface area contributed by atoms with Crippen LogP contribution >= 0.6 is 0 Å². The van der Waals surface area contributed by atoms with Crippen LogP contribution in [0.1, 0.15) is 13.8 Å². The molecule has 7 nitrogen and oxygen atoms in total. The van der Waals surface area contributed by atoms with Crippen molar-refractivity contribution >= 4 is 23.6 Å². The predicted octanol–water partition coefficient (Wildman–Crippen LogP) is 1.56. The Labute approximate surface area is 151 Å². The maximum absolute atomic E-state index is 13.2. The molecule has 2 unspecified atom stereocenters. The number of anilines is 1. The van der Waals surface area contributed by atoms with Crippen LogP contribution in [0.5, 0.6) is 0 Å². The highest BCUT2D eigenvalue weighted by Crippen LogP contribution is 2.33. The van der Waals surface area contributed by atoms with Gasteiger partial charge < -0.3 is 14.7 Å². The molecule has 26 heavy (non-hydrogen) atoms. The Hall–Kier alpha value is -2.64. The van der Waals surface area contributed by atoms with Crippen molar-refractivity contribution < 1.29 is 14.0 Å². The summed E-state index contributed by atoms with van der Waals surface area (Å²) in [5, 5.41) is 0. The molecule has 2 fully saturated rings. The quantitative estimate of drug-likeness (QED) is 0.822. The van der Waals surface area contributed by atoms with Gasteiger partial charge in [0.05, 0.1) is 0 Å². The van der Waals surface area contributed by atoms with Gasteiger partial charge in [-0.05, 0) is 30.2 Å². The van der Waals surface area contributed by atoms with Gasteiger partial charge in [-0.2, -0.15) is 0 Å². The number of rotatable bonds is 3. The van der Waals surface area contributed by atoms with Crippen LogP contribution in [-0.2, 0) is 4.79 Å². The molecule has 3 aliphatic rings. The molecule has 3 heterocycles. The summed E-state index contributed by atoms with van der Waals surface area (Å²) in [6.07, 6.45) is -0.517. The van der Waals surface area contributed by atoms with Gasteiger partial charge in [-0.3, -0.25) is 9.69 Å². The number of benzene rings is 1. The fourth-order valence-corrected chi connectivity index (χ4v) is 3.84. The van der Waals surface area contributed by atoms with E-state index in [-0.39, 0.29) is 23.7 Å². The van der Waals surface area contributed by atoms with Crippen molar-refractivity contribution in [2.45, 2.75) is 26.1 Å². The second kappa shape index (κ2) is 5.96. The number of guanidine groups is 1. The zero-order chi connectivity index (χ0) is 18.6. The van der Waals surface area contributed by atoms with Crippen LogP contribution in [-0.4, -0.2) is 71.5 Å². The number of aliphatic imine (C=N–C) groups is 1. The minimum atomic E-state index is -0.517. The fraction of sp³-hybridized carbons (Fsp3) is 0.500. The van der Waals surface area contributed by atoms with Crippen molar-refractivity contribution in [3.05, 3.63) is 30.1 Å². The number of nitrogens with zero attached hydrogens (tertiary/aromatic N) is 5. The SMILES string of the molecule is CC(C)CN1C(=O)C2C(N=C3N(c4ccc(F)cc4)CCN32)N(C)C1=O. The molecule has 0 radical (unpaired) electrons. The summed E-state index contributed by atoms with van der Waals surface area (Å²) in [6.45, 7) is 5.67. The molecular weight excluding hydrogens is 337 g/mol. The van der Waals surface area contributed by atoms with Crippen LogP contribution in [0.2, 0.25) is 0 Å². The molecule has 0 N–H and O–H groups in total. The molecule has 0 saturated carbocycles. The Bertz CT molecular complexity index is 778. The Kier molecular flexibility index (Phi) is 3.86. The second-order valence-electron chi connectivity index (χ2n) is 7.35. The highest BCUT2D eigenvalue weighted by atomic mass is 19.1. The first kappa shape index (κ1) is 16.8. The molecule has 1 aromatic carbocycles. The minimum absolute atomic E-state index is 0.188. The van der Waals surface area contributed by atoms with Crippen molar-refractivity contribution in [3.63, 3.8) is 0 Å². The maximum atomic E-state index is 13.2. The zero-order valence-corrected chi connectivity index (χ0v) is 15.1. The minimum Gasteiger partial charge on any atom is -0.325 e. The first-order chi connectivity index (χ1) is 12.4. The highest BCUT2D eigenvalue weighted by molar-refractivity contribution is 6.07. The number of fused-ring (bicyclic) bond motifs is 3. The summed E-state index contributed by atoms with van der Waals surface area (Å²) >= 11 is 0. The summed E-state index contributed by atoms with van der Waals surface area (Å²) in [5.74, 6) is 0.387. The molecule has 3 amide bonds. The Morgan fingerprint density at radius 2 is 1.88 bits per heavy atom. The summed E-state index contributed by atoms with van der Waals surface area (Å²) in [7, 11) is 1.69. The van der Waals surface area contributed by atoms with Crippen LogP contribution in [0.25, 0.3) is 0 Å². The van der Waals surface area contributed by atoms with Gasteiger partial charge >= 0.3 is 6.03 Å². The van der Waals surface area contributed by atoms with E-state index in [0.29, 0.717) is 25.6 Å². The number of carbonyl (C=O) groups is 2.